The van der Waals surface area contributed by atoms with Crippen molar-refractivity contribution in [3.8, 4) is 0 Å². The third-order valence-corrected chi connectivity index (χ3v) is 1.81. The van der Waals surface area contributed by atoms with Crippen LogP contribution in [-0.4, -0.2) is 32.5 Å². The number of aryl methyl sites for hydroxylation is 1. The van der Waals surface area contributed by atoms with Crippen molar-refractivity contribution in [2.75, 3.05) is 6.61 Å². The number of nitrogens with zero attached hydrogens (tertiary/aromatic N) is 3. The Morgan fingerprint density at radius 3 is 3.08 bits per heavy atom. The standard InChI is InChI=1S/C8H16N4O/c1-2-3-12-8(10-6-11-12)4-7(9)5-13/h6-7,13H,2-5,9H2,1H3. The first-order chi connectivity index (χ1) is 6.27. The molecule has 5 heteroatoms. The molecule has 0 amide bonds. The molecule has 5 nitrogen and oxygen atoms in total. The van der Waals surface area contributed by atoms with Gasteiger partial charge in [0.1, 0.15) is 12.2 Å². The Labute approximate surface area is 77.6 Å². The van der Waals surface area contributed by atoms with Crippen LogP contribution in [0.1, 0.15) is 19.2 Å². The third kappa shape index (κ3) is 2.78. The quantitative estimate of drug-likeness (QED) is 0.649. The van der Waals surface area contributed by atoms with Crippen LogP contribution in [0.2, 0.25) is 0 Å². The Bertz CT molecular complexity index is 248. The lowest BCUT2D eigenvalue weighted by Gasteiger charge is -2.08. The van der Waals surface area contributed by atoms with Gasteiger partial charge in [-0.1, -0.05) is 6.92 Å². The lowest BCUT2D eigenvalue weighted by molar-refractivity contribution is 0.262. The summed E-state index contributed by atoms with van der Waals surface area (Å²) in [6.07, 6.45) is 3.12. The van der Waals surface area contributed by atoms with Gasteiger partial charge in [-0.2, -0.15) is 5.10 Å². The van der Waals surface area contributed by atoms with Crippen LogP contribution in [0.15, 0.2) is 6.33 Å². The van der Waals surface area contributed by atoms with Crippen molar-refractivity contribution in [1.82, 2.24) is 14.8 Å². The van der Waals surface area contributed by atoms with E-state index in [4.69, 9.17) is 10.8 Å². The molecule has 74 valence electrons. The van der Waals surface area contributed by atoms with E-state index in [1.54, 1.807) is 0 Å². The van der Waals surface area contributed by atoms with Gasteiger partial charge < -0.3 is 10.8 Å². The molecule has 1 rings (SSSR count). The largest absolute Gasteiger partial charge is 0.395 e. The summed E-state index contributed by atoms with van der Waals surface area (Å²) in [7, 11) is 0. The molecule has 0 aromatic carbocycles. The number of aromatic nitrogens is 3. The first kappa shape index (κ1) is 10.1. The Morgan fingerprint density at radius 1 is 1.69 bits per heavy atom. The van der Waals surface area contributed by atoms with Gasteiger partial charge in [-0.3, -0.25) is 4.68 Å². The number of aliphatic hydroxyl groups is 1. The number of aliphatic hydroxyl groups excluding tert-OH is 1. The Hall–Kier alpha value is -0.940. The van der Waals surface area contributed by atoms with Crippen LogP contribution in [-0.2, 0) is 13.0 Å². The molecule has 0 bridgehead atoms. The van der Waals surface area contributed by atoms with Crippen molar-refractivity contribution in [2.24, 2.45) is 5.73 Å². The molecule has 1 unspecified atom stereocenters. The van der Waals surface area contributed by atoms with E-state index in [-0.39, 0.29) is 12.6 Å². The van der Waals surface area contributed by atoms with Gasteiger partial charge in [0, 0.05) is 19.0 Å². The highest BCUT2D eigenvalue weighted by Crippen LogP contribution is 1.99. The SMILES string of the molecule is CCCn1ncnc1CC(N)CO. The zero-order valence-electron chi connectivity index (χ0n) is 7.85. The summed E-state index contributed by atoms with van der Waals surface area (Å²) in [5, 5.41) is 12.8. The minimum absolute atomic E-state index is 0.0149. The average Bonchev–Trinajstić information content (AvgIpc) is 2.54. The lowest BCUT2D eigenvalue weighted by atomic mass is 10.2. The van der Waals surface area contributed by atoms with Crippen LogP contribution < -0.4 is 5.73 Å². The zero-order chi connectivity index (χ0) is 9.68. The molecule has 0 aliphatic carbocycles. The maximum absolute atomic E-state index is 8.77. The van der Waals surface area contributed by atoms with Crippen molar-refractivity contribution in [3.63, 3.8) is 0 Å². The fourth-order valence-electron chi connectivity index (χ4n) is 1.14. The van der Waals surface area contributed by atoms with E-state index in [1.807, 2.05) is 4.68 Å². The summed E-state index contributed by atoms with van der Waals surface area (Å²) < 4.78 is 1.83. The summed E-state index contributed by atoms with van der Waals surface area (Å²) in [4.78, 5) is 4.08. The maximum atomic E-state index is 8.77. The van der Waals surface area contributed by atoms with Crippen molar-refractivity contribution in [3.05, 3.63) is 12.2 Å². The minimum atomic E-state index is -0.236. The van der Waals surface area contributed by atoms with Gasteiger partial charge in [-0.05, 0) is 6.42 Å². The summed E-state index contributed by atoms with van der Waals surface area (Å²) in [6, 6.07) is -0.236. The smallest absolute Gasteiger partial charge is 0.138 e. The first-order valence-electron chi connectivity index (χ1n) is 4.51. The molecule has 1 atom stereocenters. The van der Waals surface area contributed by atoms with Crippen LogP contribution in [0, 0.1) is 0 Å². The second-order valence-corrected chi connectivity index (χ2v) is 3.05. The third-order valence-electron chi connectivity index (χ3n) is 1.81. The van der Waals surface area contributed by atoms with Crippen LogP contribution in [0.5, 0.6) is 0 Å². The van der Waals surface area contributed by atoms with Crippen molar-refractivity contribution in [1.29, 1.82) is 0 Å². The van der Waals surface area contributed by atoms with E-state index in [0.29, 0.717) is 6.42 Å². The predicted octanol–water partition coefficient (Wildman–Crippen LogP) is -0.450. The van der Waals surface area contributed by atoms with Crippen molar-refractivity contribution < 1.29 is 5.11 Å². The first-order valence-corrected chi connectivity index (χ1v) is 4.51. The second kappa shape index (κ2) is 4.94. The zero-order valence-corrected chi connectivity index (χ0v) is 7.85. The highest BCUT2D eigenvalue weighted by molar-refractivity contribution is 4.88. The fourth-order valence-corrected chi connectivity index (χ4v) is 1.14. The van der Waals surface area contributed by atoms with Crippen LogP contribution in [0.3, 0.4) is 0 Å². The van der Waals surface area contributed by atoms with E-state index in [9.17, 15) is 0 Å². The molecule has 0 saturated carbocycles. The predicted molar refractivity (Wildman–Crippen MR) is 49.1 cm³/mol. The Kier molecular flexibility index (Phi) is 3.85. The molecule has 0 saturated heterocycles. The van der Waals surface area contributed by atoms with E-state index in [2.05, 4.69) is 17.0 Å². The topological polar surface area (TPSA) is 77.0 Å². The Morgan fingerprint density at radius 2 is 2.46 bits per heavy atom. The molecule has 3 N–H and O–H groups in total. The van der Waals surface area contributed by atoms with E-state index < -0.39 is 0 Å². The average molecular weight is 184 g/mol. The second-order valence-electron chi connectivity index (χ2n) is 3.05. The van der Waals surface area contributed by atoms with E-state index in [1.165, 1.54) is 6.33 Å². The molecule has 0 aliphatic rings. The fraction of sp³-hybridized carbons (Fsp3) is 0.750. The molecule has 1 heterocycles. The molecule has 0 spiro atoms. The molecule has 1 aromatic rings. The molecule has 0 aliphatic heterocycles. The summed E-state index contributed by atoms with van der Waals surface area (Å²) in [5.74, 6) is 0.850. The molecule has 0 fully saturated rings. The van der Waals surface area contributed by atoms with Gasteiger partial charge in [-0.25, -0.2) is 4.98 Å². The Balaban J connectivity index is 2.59. The number of hydrogen-bond donors (Lipinski definition) is 2. The van der Waals surface area contributed by atoms with Gasteiger partial charge in [-0.15, -0.1) is 0 Å². The molecule has 0 radical (unpaired) electrons. The van der Waals surface area contributed by atoms with Gasteiger partial charge in [0.25, 0.3) is 0 Å². The molecule has 1 aromatic heterocycles. The summed E-state index contributed by atoms with van der Waals surface area (Å²) in [6.45, 7) is 2.92. The summed E-state index contributed by atoms with van der Waals surface area (Å²) >= 11 is 0. The number of nitrogens with two attached hydrogens (primary N) is 1. The highest BCUT2D eigenvalue weighted by atomic mass is 16.3. The van der Waals surface area contributed by atoms with Gasteiger partial charge >= 0.3 is 0 Å². The van der Waals surface area contributed by atoms with Gasteiger partial charge in [0.05, 0.1) is 6.61 Å². The van der Waals surface area contributed by atoms with E-state index in [0.717, 1.165) is 18.8 Å². The van der Waals surface area contributed by atoms with E-state index >= 15 is 0 Å². The number of hydrogen-bond acceptors (Lipinski definition) is 4. The van der Waals surface area contributed by atoms with Crippen molar-refractivity contribution in [2.45, 2.75) is 32.4 Å². The van der Waals surface area contributed by atoms with Gasteiger partial charge in [0.15, 0.2) is 0 Å². The molecular weight excluding hydrogens is 168 g/mol. The minimum Gasteiger partial charge on any atom is -0.395 e. The van der Waals surface area contributed by atoms with Crippen LogP contribution in [0.4, 0.5) is 0 Å². The maximum Gasteiger partial charge on any atom is 0.138 e. The number of rotatable bonds is 5. The highest BCUT2D eigenvalue weighted by Gasteiger charge is 2.08. The van der Waals surface area contributed by atoms with Crippen LogP contribution >= 0.6 is 0 Å². The monoisotopic (exact) mass is 184 g/mol. The normalized spacial score (nSPS) is 13.2. The van der Waals surface area contributed by atoms with Crippen molar-refractivity contribution >= 4 is 0 Å². The molecular formula is C8H16N4O. The molecule has 13 heavy (non-hydrogen) atoms. The van der Waals surface area contributed by atoms with Crippen LogP contribution in [0.25, 0.3) is 0 Å². The summed E-state index contributed by atoms with van der Waals surface area (Å²) in [5.41, 5.74) is 5.60. The lowest BCUT2D eigenvalue weighted by Crippen LogP contribution is -2.28. The van der Waals surface area contributed by atoms with Gasteiger partial charge in [0.2, 0.25) is 0 Å².